The van der Waals surface area contributed by atoms with Crippen LogP contribution in [0.4, 0.5) is 11.5 Å². The van der Waals surface area contributed by atoms with Crippen molar-refractivity contribution >= 4 is 17.0 Å². The number of anilines is 2. The summed E-state index contributed by atoms with van der Waals surface area (Å²) in [6, 6.07) is 9.93. The molecule has 0 amide bonds. The summed E-state index contributed by atoms with van der Waals surface area (Å²) >= 11 is 0. The summed E-state index contributed by atoms with van der Waals surface area (Å²) in [5, 5.41) is 4.41. The maximum absolute atomic E-state index is 6.00. The van der Waals surface area contributed by atoms with Crippen LogP contribution in [0.3, 0.4) is 0 Å². The van der Waals surface area contributed by atoms with Crippen molar-refractivity contribution in [3.8, 4) is 0 Å². The fourth-order valence-corrected chi connectivity index (χ4v) is 2.33. The number of nitrogens with zero attached hydrogens (tertiary/aromatic N) is 4. The lowest BCUT2D eigenvalue weighted by Gasteiger charge is -2.19. The van der Waals surface area contributed by atoms with Gasteiger partial charge in [-0.3, -0.25) is 0 Å². The van der Waals surface area contributed by atoms with Crippen LogP contribution in [0, 0.1) is 6.92 Å². The minimum Gasteiger partial charge on any atom is -0.398 e. The number of para-hydroxylation sites is 1. The van der Waals surface area contributed by atoms with Crippen LogP contribution in [0.2, 0.25) is 0 Å². The molecule has 3 rings (SSSR count). The summed E-state index contributed by atoms with van der Waals surface area (Å²) in [6.45, 7) is 2.69. The predicted octanol–water partition coefficient (Wildman–Crippen LogP) is 2.26. The summed E-state index contributed by atoms with van der Waals surface area (Å²) in [5.74, 6) is 0.899. The maximum atomic E-state index is 6.00. The minimum atomic E-state index is 0.712. The van der Waals surface area contributed by atoms with Crippen LogP contribution in [0.25, 0.3) is 5.52 Å². The van der Waals surface area contributed by atoms with Gasteiger partial charge in [-0.15, -0.1) is 0 Å². The molecule has 102 valence electrons. The summed E-state index contributed by atoms with van der Waals surface area (Å²) in [6.07, 6.45) is 3.62. The smallest absolute Gasteiger partial charge is 0.154 e. The Balaban J connectivity index is 1.97. The molecular formula is C15H17N5. The van der Waals surface area contributed by atoms with Crippen LogP contribution in [-0.2, 0) is 6.54 Å². The fourth-order valence-electron chi connectivity index (χ4n) is 2.33. The lowest BCUT2D eigenvalue weighted by molar-refractivity contribution is 0.873. The molecule has 0 fully saturated rings. The second-order valence-corrected chi connectivity index (χ2v) is 4.92. The zero-order valence-corrected chi connectivity index (χ0v) is 11.6. The predicted molar refractivity (Wildman–Crippen MR) is 80.7 cm³/mol. The highest BCUT2D eigenvalue weighted by Gasteiger charge is 2.11. The van der Waals surface area contributed by atoms with Gasteiger partial charge in [0.15, 0.2) is 5.82 Å². The van der Waals surface area contributed by atoms with Crippen molar-refractivity contribution < 1.29 is 0 Å². The highest BCUT2D eigenvalue weighted by atomic mass is 15.3. The number of rotatable bonds is 3. The van der Waals surface area contributed by atoms with Crippen molar-refractivity contribution in [1.29, 1.82) is 0 Å². The van der Waals surface area contributed by atoms with Crippen LogP contribution < -0.4 is 10.6 Å². The van der Waals surface area contributed by atoms with Crippen LogP contribution in [-0.4, -0.2) is 21.6 Å². The highest BCUT2D eigenvalue weighted by molar-refractivity contribution is 5.69. The lowest BCUT2D eigenvalue weighted by Crippen LogP contribution is -2.19. The Morgan fingerprint density at radius 3 is 2.90 bits per heavy atom. The average molecular weight is 267 g/mol. The molecule has 0 aliphatic heterocycles. The van der Waals surface area contributed by atoms with E-state index in [0.29, 0.717) is 6.54 Å². The molecule has 2 aromatic heterocycles. The normalized spacial score (nSPS) is 10.9. The average Bonchev–Trinajstić information content (AvgIpc) is 2.81. The molecule has 0 bridgehead atoms. The van der Waals surface area contributed by atoms with Gasteiger partial charge < -0.3 is 10.6 Å². The number of benzene rings is 1. The highest BCUT2D eigenvalue weighted by Crippen LogP contribution is 2.21. The molecule has 0 saturated heterocycles. The molecule has 1 aromatic carbocycles. The zero-order valence-electron chi connectivity index (χ0n) is 11.6. The number of nitrogen functional groups attached to an aromatic ring is 1. The first kappa shape index (κ1) is 12.5. The molecule has 5 heteroatoms. The Morgan fingerprint density at radius 1 is 1.30 bits per heavy atom. The van der Waals surface area contributed by atoms with E-state index in [0.717, 1.165) is 28.3 Å². The molecule has 0 radical (unpaired) electrons. The van der Waals surface area contributed by atoms with Gasteiger partial charge in [0, 0.05) is 31.7 Å². The SMILES string of the molecule is Cc1cc2c(N(C)Cc3ccccc3N)nccn2n1. The van der Waals surface area contributed by atoms with E-state index in [1.165, 1.54) is 0 Å². The number of fused-ring (bicyclic) bond motifs is 1. The topological polar surface area (TPSA) is 59.5 Å². The third-order valence-electron chi connectivity index (χ3n) is 3.32. The summed E-state index contributed by atoms with van der Waals surface area (Å²) in [4.78, 5) is 6.56. The third kappa shape index (κ3) is 2.18. The molecule has 2 N–H and O–H groups in total. The molecule has 0 unspecified atom stereocenters. The van der Waals surface area contributed by atoms with Crippen molar-refractivity contribution in [2.24, 2.45) is 0 Å². The quantitative estimate of drug-likeness (QED) is 0.739. The van der Waals surface area contributed by atoms with E-state index in [-0.39, 0.29) is 0 Å². The lowest BCUT2D eigenvalue weighted by atomic mass is 10.1. The Morgan fingerprint density at radius 2 is 2.10 bits per heavy atom. The van der Waals surface area contributed by atoms with E-state index in [9.17, 15) is 0 Å². The standard InChI is InChI=1S/C15H17N5/c1-11-9-14-15(17-7-8-20(14)18-11)19(2)10-12-5-3-4-6-13(12)16/h3-9H,10,16H2,1-2H3. The number of hydrogen-bond acceptors (Lipinski definition) is 4. The molecule has 0 saturated carbocycles. The maximum Gasteiger partial charge on any atom is 0.154 e. The Bertz CT molecular complexity index is 747. The van der Waals surface area contributed by atoms with Gasteiger partial charge in [0.1, 0.15) is 5.52 Å². The first-order valence-corrected chi connectivity index (χ1v) is 6.50. The van der Waals surface area contributed by atoms with Crippen LogP contribution in [0.15, 0.2) is 42.7 Å². The molecule has 20 heavy (non-hydrogen) atoms. The molecule has 2 heterocycles. The second kappa shape index (κ2) is 4.85. The molecule has 0 atom stereocenters. The molecule has 0 aliphatic carbocycles. The first-order chi connectivity index (χ1) is 9.65. The number of nitrogens with two attached hydrogens (primary N) is 1. The molecular weight excluding hydrogens is 250 g/mol. The summed E-state index contributed by atoms with van der Waals surface area (Å²) in [7, 11) is 2.01. The number of aryl methyl sites for hydroxylation is 1. The van der Waals surface area contributed by atoms with Crippen molar-refractivity contribution in [2.45, 2.75) is 13.5 Å². The first-order valence-electron chi connectivity index (χ1n) is 6.50. The number of aromatic nitrogens is 3. The summed E-state index contributed by atoms with van der Waals surface area (Å²) in [5.41, 5.74) is 9.87. The van der Waals surface area contributed by atoms with Gasteiger partial charge >= 0.3 is 0 Å². The van der Waals surface area contributed by atoms with Crippen molar-refractivity contribution in [3.05, 3.63) is 54.0 Å². The molecule has 3 aromatic rings. The van der Waals surface area contributed by atoms with Gasteiger partial charge in [0.05, 0.1) is 5.69 Å². The molecule has 0 aliphatic rings. The third-order valence-corrected chi connectivity index (χ3v) is 3.32. The minimum absolute atomic E-state index is 0.712. The van der Waals surface area contributed by atoms with Gasteiger partial charge in [-0.05, 0) is 24.6 Å². The van der Waals surface area contributed by atoms with Crippen LogP contribution >= 0.6 is 0 Å². The van der Waals surface area contributed by atoms with E-state index < -0.39 is 0 Å². The van der Waals surface area contributed by atoms with Crippen molar-refractivity contribution in [3.63, 3.8) is 0 Å². The van der Waals surface area contributed by atoms with Crippen LogP contribution in [0.5, 0.6) is 0 Å². The molecule has 0 spiro atoms. The van der Waals surface area contributed by atoms with Crippen molar-refractivity contribution in [1.82, 2.24) is 14.6 Å². The van der Waals surface area contributed by atoms with Gasteiger partial charge in [-0.2, -0.15) is 5.10 Å². The van der Waals surface area contributed by atoms with Gasteiger partial charge in [0.2, 0.25) is 0 Å². The van der Waals surface area contributed by atoms with E-state index in [4.69, 9.17) is 5.73 Å². The van der Waals surface area contributed by atoms with E-state index in [1.807, 2.05) is 55.0 Å². The van der Waals surface area contributed by atoms with E-state index >= 15 is 0 Å². The van der Waals surface area contributed by atoms with Crippen molar-refractivity contribution in [2.75, 3.05) is 17.7 Å². The monoisotopic (exact) mass is 267 g/mol. The van der Waals surface area contributed by atoms with Gasteiger partial charge in [-0.1, -0.05) is 18.2 Å². The summed E-state index contributed by atoms with van der Waals surface area (Å²) < 4.78 is 1.85. The van der Waals surface area contributed by atoms with E-state index in [1.54, 1.807) is 6.20 Å². The number of hydrogen-bond donors (Lipinski definition) is 1. The fraction of sp³-hybridized carbons (Fsp3) is 0.200. The van der Waals surface area contributed by atoms with Gasteiger partial charge in [0.25, 0.3) is 0 Å². The Hall–Kier alpha value is -2.56. The second-order valence-electron chi connectivity index (χ2n) is 4.92. The Kier molecular flexibility index (Phi) is 3.02. The van der Waals surface area contributed by atoms with Crippen LogP contribution in [0.1, 0.15) is 11.3 Å². The molecule has 5 nitrogen and oxygen atoms in total. The zero-order chi connectivity index (χ0) is 14.1. The van der Waals surface area contributed by atoms with E-state index in [2.05, 4.69) is 15.0 Å². The van der Waals surface area contributed by atoms with Gasteiger partial charge in [-0.25, -0.2) is 9.50 Å². The largest absolute Gasteiger partial charge is 0.398 e. The Labute approximate surface area is 117 Å².